The van der Waals surface area contributed by atoms with Gasteiger partial charge < -0.3 is 14.6 Å². The minimum absolute atomic E-state index is 0.110. The first kappa shape index (κ1) is 15.3. The molecule has 0 radical (unpaired) electrons. The summed E-state index contributed by atoms with van der Waals surface area (Å²) in [5, 5.41) is 8.70. The smallest absolute Gasteiger partial charge is 0.304 e. The van der Waals surface area contributed by atoms with Crippen LogP contribution in [0.5, 0.6) is 11.5 Å². The van der Waals surface area contributed by atoms with E-state index >= 15 is 0 Å². The Morgan fingerprint density at radius 2 is 1.95 bits per heavy atom. The third-order valence-corrected chi connectivity index (χ3v) is 3.23. The van der Waals surface area contributed by atoms with Crippen molar-refractivity contribution in [3.05, 3.63) is 23.8 Å². The van der Waals surface area contributed by atoms with Crippen LogP contribution >= 0.6 is 0 Å². The van der Waals surface area contributed by atoms with Crippen LogP contribution in [-0.2, 0) is 4.79 Å². The molecule has 106 valence electrons. The molecule has 1 aromatic rings. The first-order chi connectivity index (χ1) is 8.99. The molecule has 0 aromatic heterocycles. The van der Waals surface area contributed by atoms with Gasteiger partial charge in [0.15, 0.2) is 11.5 Å². The van der Waals surface area contributed by atoms with Crippen molar-refractivity contribution in [1.29, 1.82) is 0 Å². The summed E-state index contributed by atoms with van der Waals surface area (Å²) < 4.78 is 10.5. The van der Waals surface area contributed by atoms with Gasteiger partial charge in [-0.2, -0.15) is 0 Å². The van der Waals surface area contributed by atoms with Crippen molar-refractivity contribution in [2.75, 3.05) is 27.8 Å². The van der Waals surface area contributed by atoms with Crippen LogP contribution in [-0.4, -0.2) is 43.8 Å². The fourth-order valence-electron chi connectivity index (χ4n) is 1.83. The average molecular weight is 267 g/mol. The second kappa shape index (κ2) is 6.99. The van der Waals surface area contributed by atoms with Crippen molar-refractivity contribution in [2.24, 2.45) is 0 Å². The first-order valence-electron chi connectivity index (χ1n) is 6.13. The summed E-state index contributed by atoms with van der Waals surface area (Å²) in [4.78, 5) is 12.6. The van der Waals surface area contributed by atoms with E-state index in [2.05, 4.69) is 0 Å². The van der Waals surface area contributed by atoms with Crippen LogP contribution < -0.4 is 9.47 Å². The van der Waals surface area contributed by atoms with E-state index in [1.54, 1.807) is 14.2 Å². The number of aliphatic carboxylic acids is 1. The Morgan fingerprint density at radius 3 is 2.47 bits per heavy atom. The lowest BCUT2D eigenvalue weighted by molar-refractivity contribution is -0.137. The molecule has 0 bridgehead atoms. The third kappa shape index (κ3) is 4.13. The zero-order valence-electron chi connectivity index (χ0n) is 11.8. The molecule has 5 heteroatoms. The SMILES string of the molecule is COc1ccc([C@@H](C)N(C)CCC(=O)O)cc1OC. The van der Waals surface area contributed by atoms with Crippen LogP contribution in [0.25, 0.3) is 0 Å². The highest BCUT2D eigenvalue weighted by molar-refractivity contribution is 5.66. The van der Waals surface area contributed by atoms with Gasteiger partial charge in [0.2, 0.25) is 0 Å². The largest absolute Gasteiger partial charge is 0.493 e. The Labute approximate surface area is 113 Å². The highest BCUT2D eigenvalue weighted by Crippen LogP contribution is 2.31. The third-order valence-electron chi connectivity index (χ3n) is 3.23. The van der Waals surface area contributed by atoms with Crippen LogP contribution in [0, 0.1) is 0 Å². The van der Waals surface area contributed by atoms with Crippen LogP contribution in [0.2, 0.25) is 0 Å². The van der Waals surface area contributed by atoms with Gasteiger partial charge in [0.25, 0.3) is 0 Å². The van der Waals surface area contributed by atoms with E-state index in [0.29, 0.717) is 18.0 Å². The molecule has 0 saturated heterocycles. The molecule has 0 heterocycles. The molecular formula is C14H21NO4. The predicted molar refractivity (Wildman–Crippen MR) is 72.8 cm³/mol. The van der Waals surface area contributed by atoms with Crippen molar-refractivity contribution < 1.29 is 19.4 Å². The number of hydrogen-bond acceptors (Lipinski definition) is 4. The molecule has 0 aliphatic heterocycles. The summed E-state index contributed by atoms with van der Waals surface area (Å²) >= 11 is 0. The van der Waals surface area contributed by atoms with E-state index in [0.717, 1.165) is 5.56 Å². The van der Waals surface area contributed by atoms with Gasteiger partial charge in [-0.1, -0.05) is 6.07 Å². The molecule has 1 N–H and O–H groups in total. The van der Waals surface area contributed by atoms with Gasteiger partial charge in [0.05, 0.1) is 20.6 Å². The number of carboxylic acid groups (broad SMARTS) is 1. The standard InChI is InChI=1S/C14H21NO4/c1-10(15(2)8-7-14(16)17)11-5-6-12(18-3)13(9-11)19-4/h5-6,9-10H,7-8H2,1-4H3,(H,16,17)/t10-/m1/s1. The quantitative estimate of drug-likeness (QED) is 0.820. The lowest BCUT2D eigenvalue weighted by Crippen LogP contribution is -2.25. The second-order valence-corrected chi connectivity index (χ2v) is 4.41. The Morgan fingerprint density at radius 1 is 1.32 bits per heavy atom. The average Bonchev–Trinajstić information content (AvgIpc) is 2.42. The van der Waals surface area contributed by atoms with Crippen LogP contribution in [0.15, 0.2) is 18.2 Å². The summed E-state index contributed by atoms with van der Waals surface area (Å²) in [5.41, 5.74) is 1.06. The number of hydrogen-bond donors (Lipinski definition) is 1. The Balaban J connectivity index is 2.81. The minimum atomic E-state index is -0.786. The molecule has 0 amide bonds. The molecule has 19 heavy (non-hydrogen) atoms. The van der Waals surface area contributed by atoms with Crippen molar-refractivity contribution in [1.82, 2.24) is 4.90 Å². The molecular weight excluding hydrogens is 246 g/mol. The van der Waals surface area contributed by atoms with Gasteiger partial charge in [-0.05, 0) is 31.7 Å². The van der Waals surface area contributed by atoms with Crippen LogP contribution in [0.3, 0.4) is 0 Å². The maximum atomic E-state index is 10.6. The molecule has 1 atom stereocenters. The van der Waals surface area contributed by atoms with Gasteiger partial charge in [-0.15, -0.1) is 0 Å². The van der Waals surface area contributed by atoms with E-state index in [1.807, 2.05) is 37.1 Å². The molecule has 5 nitrogen and oxygen atoms in total. The van der Waals surface area contributed by atoms with Gasteiger partial charge in [-0.25, -0.2) is 0 Å². The lowest BCUT2D eigenvalue weighted by atomic mass is 10.1. The van der Waals surface area contributed by atoms with Crippen molar-refractivity contribution in [3.8, 4) is 11.5 Å². The number of methoxy groups -OCH3 is 2. The molecule has 1 rings (SSSR count). The maximum Gasteiger partial charge on any atom is 0.304 e. The van der Waals surface area contributed by atoms with Gasteiger partial charge in [0, 0.05) is 12.6 Å². The van der Waals surface area contributed by atoms with Crippen molar-refractivity contribution in [2.45, 2.75) is 19.4 Å². The summed E-state index contributed by atoms with van der Waals surface area (Å²) in [6.07, 6.45) is 0.133. The summed E-state index contributed by atoms with van der Waals surface area (Å²) in [5.74, 6) is 0.580. The number of carboxylic acids is 1. The zero-order valence-corrected chi connectivity index (χ0v) is 11.8. The number of rotatable bonds is 7. The predicted octanol–water partition coefficient (Wildman–Crippen LogP) is 2.17. The number of ether oxygens (including phenoxy) is 2. The molecule has 1 aromatic carbocycles. The summed E-state index contributed by atoms with van der Waals surface area (Å²) in [6, 6.07) is 5.85. The summed E-state index contributed by atoms with van der Waals surface area (Å²) in [6.45, 7) is 2.54. The van der Waals surface area contributed by atoms with E-state index in [4.69, 9.17) is 14.6 Å². The number of benzene rings is 1. The van der Waals surface area contributed by atoms with E-state index in [9.17, 15) is 4.79 Å². The van der Waals surface area contributed by atoms with E-state index < -0.39 is 5.97 Å². The maximum absolute atomic E-state index is 10.6. The van der Waals surface area contributed by atoms with Crippen LogP contribution in [0.1, 0.15) is 24.9 Å². The Kier molecular flexibility index (Phi) is 5.63. The minimum Gasteiger partial charge on any atom is -0.493 e. The van der Waals surface area contributed by atoms with Crippen molar-refractivity contribution in [3.63, 3.8) is 0 Å². The molecule has 0 aliphatic carbocycles. The monoisotopic (exact) mass is 267 g/mol. The first-order valence-corrected chi connectivity index (χ1v) is 6.13. The normalized spacial score (nSPS) is 12.3. The molecule has 0 spiro atoms. The summed E-state index contributed by atoms with van der Waals surface area (Å²) in [7, 11) is 5.10. The van der Waals surface area contributed by atoms with Gasteiger partial charge in [0.1, 0.15) is 0 Å². The highest BCUT2D eigenvalue weighted by atomic mass is 16.5. The topological polar surface area (TPSA) is 59.0 Å². The Hall–Kier alpha value is -1.75. The van der Waals surface area contributed by atoms with Crippen molar-refractivity contribution >= 4 is 5.97 Å². The second-order valence-electron chi connectivity index (χ2n) is 4.41. The van der Waals surface area contributed by atoms with E-state index in [-0.39, 0.29) is 12.5 Å². The fraction of sp³-hybridized carbons (Fsp3) is 0.500. The molecule has 0 fully saturated rings. The lowest BCUT2D eigenvalue weighted by Gasteiger charge is -2.25. The van der Waals surface area contributed by atoms with Crippen LogP contribution in [0.4, 0.5) is 0 Å². The van der Waals surface area contributed by atoms with Gasteiger partial charge >= 0.3 is 5.97 Å². The van der Waals surface area contributed by atoms with Gasteiger partial charge in [-0.3, -0.25) is 9.69 Å². The number of nitrogens with zero attached hydrogens (tertiary/aromatic N) is 1. The van der Waals surface area contributed by atoms with E-state index in [1.165, 1.54) is 0 Å². The molecule has 0 saturated carbocycles. The fourth-order valence-corrected chi connectivity index (χ4v) is 1.83. The highest BCUT2D eigenvalue weighted by Gasteiger charge is 2.15. The zero-order chi connectivity index (χ0) is 14.4. The molecule has 0 aliphatic rings. The molecule has 0 unspecified atom stereocenters. The number of carbonyl (C=O) groups is 1. The Bertz CT molecular complexity index is 433.